The maximum atomic E-state index is 6.05. The van der Waals surface area contributed by atoms with Crippen molar-refractivity contribution in [1.29, 1.82) is 0 Å². The molecular formula is C19H21ClN4. The van der Waals surface area contributed by atoms with Crippen molar-refractivity contribution in [3.63, 3.8) is 0 Å². The normalized spacial score (nSPS) is 12.3. The molecule has 1 heterocycles. The SMILES string of the molecule is CCCCc1nc(Cl)nc(NC(C)c2cccc3ccccc23)n1. The van der Waals surface area contributed by atoms with Crippen LogP contribution in [0.4, 0.5) is 5.95 Å². The molecule has 0 amide bonds. The summed E-state index contributed by atoms with van der Waals surface area (Å²) in [5, 5.41) is 6.05. The van der Waals surface area contributed by atoms with Gasteiger partial charge in [-0.05, 0) is 41.3 Å². The van der Waals surface area contributed by atoms with Gasteiger partial charge in [0.2, 0.25) is 11.2 Å². The average molecular weight is 341 g/mol. The zero-order chi connectivity index (χ0) is 16.9. The minimum absolute atomic E-state index is 0.0635. The van der Waals surface area contributed by atoms with E-state index < -0.39 is 0 Å². The number of hydrogen-bond acceptors (Lipinski definition) is 4. The van der Waals surface area contributed by atoms with Gasteiger partial charge in [0.15, 0.2) is 0 Å². The summed E-state index contributed by atoms with van der Waals surface area (Å²) >= 11 is 6.05. The van der Waals surface area contributed by atoms with Crippen molar-refractivity contribution in [1.82, 2.24) is 15.0 Å². The van der Waals surface area contributed by atoms with Crippen molar-refractivity contribution in [3.05, 3.63) is 59.1 Å². The molecule has 0 aliphatic carbocycles. The van der Waals surface area contributed by atoms with Crippen LogP contribution in [0, 0.1) is 0 Å². The zero-order valence-corrected chi connectivity index (χ0v) is 14.7. The second-order valence-electron chi connectivity index (χ2n) is 5.88. The van der Waals surface area contributed by atoms with Gasteiger partial charge >= 0.3 is 0 Å². The lowest BCUT2D eigenvalue weighted by atomic mass is 10.00. The van der Waals surface area contributed by atoms with Crippen LogP contribution in [0.15, 0.2) is 42.5 Å². The topological polar surface area (TPSA) is 50.7 Å². The maximum Gasteiger partial charge on any atom is 0.227 e. The minimum Gasteiger partial charge on any atom is -0.348 e. The van der Waals surface area contributed by atoms with Gasteiger partial charge in [0.05, 0.1) is 6.04 Å². The fraction of sp³-hybridized carbons (Fsp3) is 0.316. The third kappa shape index (κ3) is 3.82. The molecule has 0 fully saturated rings. The maximum absolute atomic E-state index is 6.05. The Morgan fingerprint density at radius 1 is 1.04 bits per heavy atom. The average Bonchev–Trinajstić information content (AvgIpc) is 2.59. The number of anilines is 1. The van der Waals surface area contributed by atoms with Crippen molar-refractivity contribution < 1.29 is 0 Å². The number of hydrogen-bond donors (Lipinski definition) is 1. The molecule has 1 atom stereocenters. The summed E-state index contributed by atoms with van der Waals surface area (Å²) < 4.78 is 0. The summed E-state index contributed by atoms with van der Waals surface area (Å²) in [5.41, 5.74) is 1.21. The first-order valence-electron chi connectivity index (χ1n) is 8.32. The second-order valence-corrected chi connectivity index (χ2v) is 6.22. The number of nitrogens with zero attached hydrogens (tertiary/aromatic N) is 3. The van der Waals surface area contributed by atoms with Gasteiger partial charge in [0.25, 0.3) is 0 Å². The second kappa shape index (κ2) is 7.58. The minimum atomic E-state index is 0.0635. The Hall–Kier alpha value is -2.20. The lowest BCUT2D eigenvalue weighted by molar-refractivity contribution is 0.741. The third-order valence-electron chi connectivity index (χ3n) is 4.04. The number of nitrogens with one attached hydrogen (secondary N) is 1. The van der Waals surface area contributed by atoms with Crippen LogP contribution in [-0.2, 0) is 6.42 Å². The molecule has 24 heavy (non-hydrogen) atoms. The van der Waals surface area contributed by atoms with E-state index in [9.17, 15) is 0 Å². The molecule has 124 valence electrons. The summed E-state index contributed by atoms with van der Waals surface area (Å²) in [6.07, 6.45) is 2.95. The summed E-state index contributed by atoms with van der Waals surface area (Å²) in [4.78, 5) is 12.9. The highest BCUT2D eigenvalue weighted by atomic mass is 35.5. The summed E-state index contributed by atoms with van der Waals surface area (Å²) in [6, 6.07) is 14.7. The van der Waals surface area contributed by atoms with E-state index in [2.05, 4.69) is 76.6 Å². The van der Waals surface area contributed by atoms with Crippen molar-refractivity contribution >= 4 is 28.3 Å². The number of rotatable bonds is 6. The molecule has 0 bridgehead atoms. The van der Waals surface area contributed by atoms with Gasteiger partial charge in [-0.3, -0.25) is 0 Å². The van der Waals surface area contributed by atoms with Gasteiger partial charge in [0, 0.05) is 6.42 Å². The van der Waals surface area contributed by atoms with Crippen LogP contribution in [0.3, 0.4) is 0 Å². The van der Waals surface area contributed by atoms with Crippen LogP contribution < -0.4 is 5.32 Å². The van der Waals surface area contributed by atoms with E-state index in [1.807, 2.05) is 0 Å². The molecule has 2 aromatic carbocycles. The van der Waals surface area contributed by atoms with Crippen molar-refractivity contribution in [2.24, 2.45) is 0 Å². The number of halogens is 1. The van der Waals surface area contributed by atoms with E-state index in [-0.39, 0.29) is 11.3 Å². The largest absolute Gasteiger partial charge is 0.348 e. The van der Waals surface area contributed by atoms with Gasteiger partial charge in [-0.25, -0.2) is 4.98 Å². The molecule has 0 aliphatic heterocycles. The molecule has 1 aromatic heterocycles. The predicted octanol–water partition coefficient (Wildman–Crippen LogP) is 5.19. The molecule has 1 unspecified atom stereocenters. The summed E-state index contributed by atoms with van der Waals surface area (Å²) in [5.74, 6) is 1.27. The number of aryl methyl sites for hydroxylation is 1. The van der Waals surface area contributed by atoms with Crippen LogP contribution in [0.1, 0.15) is 44.1 Å². The van der Waals surface area contributed by atoms with E-state index in [1.54, 1.807) is 0 Å². The number of benzene rings is 2. The first-order chi connectivity index (χ1) is 11.7. The molecule has 0 saturated carbocycles. The van der Waals surface area contributed by atoms with E-state index in [0.717, 1.165) is 25.1 Å². The molecule has 1 N–H and O–H groups in total. The number of unbranched alkanes of at least 4 members (excludes halogenated alkanes) is 1. The van der Waals surface area contributed by atoms with Crippen molar-refractivity contribution in [2.45, 2.75) is 39.2 Å². The van der Waals surface area contributed by atoms with Crippen LogP contribution >= 0.6 is 11.6 Å². The van der Waals surface area contributed by atoms with E-state index >= 15 is 0 Å². The zero-order valence-electron chi connectivity index (χ0n) is 14.0. The fourth-order valence-electron chi connectivity index (χ4n) is 2.80. The molecular weight excluding hydrogens is 320 g/mol. The van der Waals surface area contributed by atoms with E-state index in [4.69, 9.17) is 11.6 Å². The van der Waals surface area contributed by atoms with Crippen LogP contribution in [0.25, 0.3) is 10.8 Å². The van der Waals surface area contributed by atoms with Gasteiger partial charge < -0.3 is 5.32 Å². The molecule has 0 aliphatic rings. The Balaban J connectivity index is 1.86. The van der Waals surface area contributed by atoms with Crippen LogP contribution in [0.2, 0.25) is 5.28 Å². The van der Waals surface area contributed by atoms with Crippen LogP contribution in [-0.4, -0.2) is 15.0 Å². The lowest BCUT2D eigenvalue weighted by Gasteiger charge is -2.17. The molecule has 0 saturated heterocycles. The summed E-state index contributed by atoms with van der Waals surface area (Å²) in [6.45, 7) is 4.25. The standard InChI is InChI=1S/C19H21ClN4/c1-3-4-12-17-22-18(20)24-19(23-17)21-13(2)15-11-7-9-14-8-5-6-10-16(14)15/h5-11,13H,3-4,12H2,1-2H3,(H,21,22,23,24). The van der Waals surface area contributed by atoms with E-state index in [0.29, 0.717) is 5.95 Å². The van der Waals surface area contributed by atoms with Crippen molar-refractivity contribution in [3.8, 4) is 0 Å². The molecule has 0 spiro atoms. The molecule has 5 heteroatoms. The smallest absolute Gasteiger partial charge is 0.227 e. The Labute approximate surface area is 147 Å². The first-order valence-corrected chi connectivity index (χ1v) is 8.70. The molecule has 0 radical (unpaired) electrons. The quantitative estimate of drug-likeness (QED) is 0.670. The van der Waals surface area contributed by atoms with E-state index in [1.165, 1.54) is 16.3 Å². The van der Waals surface area contributed by atoms with Gasteiger partial charge in [-0.2, -0.15) is 9.97 Å². The Morgan fingerprint density at radius 2 is 1.83 bits per heavy atom. The number of fused-ring (bicyclic) bond motifs is 1. The highest BCUT2D eigenvalue weighted by Gasteiger charge is 2.12. The first kappa shape index (κ1) is 16.7. The monoisotopic (exact) mass is 340 g/mol. The molecule has 4 nitrogen and oxygen atoms in total. The Kier molecular flexibility index (Phi) is 5.26. The molecule has 3 rings (SSSR count). The molecule has 3 aromatic rings. The van der Waals surface area contributed by atoms with Gasteiger partial charge in [0.1, 0.15) is 5.82 Å². The van der Waals surface area contributed by atoms with Gasteiger partial charge in [-0.1, -0.05) is 55.8 Å². The highest BCUT2D eigenvalue weighted by Crippen LogP contribution is 2.26. The summed E-state index contributed by atoms with van der Waals surface area (Å²) in [7, 11) is 0. The Morgan fingerprint density at radius 3 is 2.67 bits per heavy atom. The Bertz CT molecular complexity index is 829. The predicted molar refractivity (Wildman–Crippen MR) is 99.4 cm³/mol. The highest BCUT2D eigenvalue weighted by molar-refractivity contribution is 6.28. The van der Waals surface area contributed by atoms with Gasteiger partial charge in [-0.15, -0.1) is 0 Å². The third-order valence-corrected chi connectivity index (χ3v) is 4.21. The lowest BCUT2D eigenvalue weighted by Crippen LogP contribution is -2.12. The fourth-order valence-corrected chi connectivity index (χ4v) is 2.98. The number of aromatic nitrogens is 3. The van der Waals surface area contributed by atoms with Crippen LogP contribution in [0.5, 0.6) is 0 Å². The van der Waals surface area contributed by atoms with Crippen molar-refractivity contribution in [2.75, 3.05) is 5.32 Å².